The maximum Gasteiger partial charge on any atom is 0.137 e. The Hall–Kier alpha value is -1.78. The highest BCUT2D eigenvalue weighted by atomic mass is 79.9. The van der Waals surface area contributed by atoms with E-state index in [9.17, 15) is 4.39 Å². The zero-order chi connectivity index (χ0) is 14.8. The molecule has 0 radical (unpaired) electrons. The summed E-state index contributed by atoms with van der Waals surface area (Å²) >= 11 is 3.19. The fourth-order valence-electron chi connectivity index (χ4n) is 2.58. The number of fused-ring (bicyclic) bond motifs is 1. The molecule has 1 unspecified atom stereocenters. The average Bonchev–Trinajstić information content (AvgIpc) is 2.52. The van der Waals surface area contributed by atoms with Crippen LogP contribution in [0.25, 0.3) is 10.8 Å². The van der Waals surface area contributed by atoms with Crippen molar-refractivity contribution >= 4 is 26.7 Å². The largest absolute Gasteiger partial charge is 0.309 e. The van der Waals surface area contributed by atoms with E-state index in [4.69, 9.17) is 0 Å². The van der Waals surface area contributed by atoms with Crippen LogP contribution in [0.1, 0.15) is 17.2 Å². The number of aromatic nitrogens is 1. The number of benzene rings is 2. The molecule has 106 valence electrons. The molecule has 0 spiro atoms. The predicted octanol–water partition coefficient (Wildman–Crippen LogP) is 4.45. The fraction of sp³-hybridized carbons (Fsp3) is 0.118. The van der Waals surface area contributed by atoms with Crippen molar-refractivity contribution in [1.82, 2.24) is 10.3 Å². The molecule has 4 heteroatoms. The zero-order valence-corrected chi connectivity index (χ0v) is 13.1. The molecular formula is C17H14BrFN2. The number of nitrogens with one attached hydrogen (secondary N) is 1. The van der Waals surface area contributed by atoms with Gasteiger partial charge >= 0.3 is 0 Å². The highest BCUT2D eigenvalue weighted by Crippen LogP contribution is 2.30. The maximum atomic E-state index is 13.8. The molecule has 2 aromatic carbocycles. The number of hydrogen-bond donors (Lipinski definition) is 1. The molecule has 0 bridgehead atoms. The van der Waals surface area contributed by atoms with E-state index in [2.05, 4.69) is 32.3 Å². The molecule has 3 aromatic rings. The Morgan fingerprint density at radius 3 is 2.81 bits per heavy atom. The lowest BCUT2D eigenvalue weighted by Crippen LogP contribution is -2.18. The first-order valence-corrected chi connectivity index (χ1v) is 7.45. The minimum atomic E-state index is -0.258. The second-order valence-corrected chi connectivity index (χ2v) is 5.69. The van der Waals surface area contributed by atoms with Crippen molar-refractivity contribution in [2.75, 3.05) is 7.05 Å². The molecule has 21 heavy (non-hydrogen) atoms. The van der Waals surface area contributed by atoms with Gasteiger partial charge in [0.2, 0.25) is 0 Å². The van der Waals surface area contributed by atoms with E-state index in [-0.39, 0.29) is 11.9 Å². The van der Waals surface area contributed by atoms with E-state index in [1.807, 2.05) is 37.5 Å². The van der Waals surface area contributed by atoms with Crippen LogP contribution < -0.4 is 5.32 Å². The minimum Gasteiger partial charge on any atom is -0.309 e. The van der Waals surface area contributed by atoms with Gasteiger partial charge in [0.25, 0.3) is 0 Å². The van der Waals surface area contributed by atoms with Gasteiger partial charge in [0.05, 0.1) is 10.5 Å². The summed E-state index contributed by atoms with van der Waals surface area (Å²) in [5.41, 5.74) is 1.97. The molecule has 0 saturated heterocycles. The van der Waals surface area contributed by atoms with E-state index >= 15 is 0 Å². The Morgan fingerprint density at radius 1 is 1.19 bits per heavy atom. The summed E-state index contributed by atoms with van der Waals surface area (Å²) in [6.45, 7) is 0. The summed E-state index contributed by atoms with van der Waals surface area (Å²) in [5, 5.41) is 5.46. The molecule has 3 rings (SSSR count). The van der Waals surface area contributed by atoms with E-state index in [0.717, 1.165) is 21.9 Å². The van der Waals surface area contributed by atoms with Crippen LogP contribution in [0.4, 0.5) is 4.39 Å². The normalized spacial score (nSPS) is 12.5. The molecular weight excluding hydrogens is 331 g/mol. The van der Waals surface area contributed by atoms with Gasteiger partial charge in [-0.2, -0.15) is 0 Å². The third-order valence-electron chi connectivity index (χ3n) is 3.59. The first kappa shape index (κ1) is 14.2. The summed E-state index contributed by atoms with van der Waals surface area (Å²) in [6.07, 6.45) is 3.63. The van der Waals surface area contributed by atoms with Crippen LogP contribution in [0.3, 0.4) is 0 Å². The lowest BCUT2D eigenvalue weighted by atomic mass is 9.95. The molecule has 0 aliphatic heterocycles. The number of nitrogens with zero attached hydrogens (tertiary/aromatic N) is 1. The predicted molar refractivity (Wildman–Crippen MR) is 86.7 cm³/mol. The Bertz CT molecular complexity index is 783. The van der Waals surface area contributed by atoms with Gasteiger partial charge in [-0.1, -0.05) is 24.3 Å². The van der Waals surface area contributed by atoms with Crippen LogP contribution in [0.5, 0.6) is 0 Å². The second kappa shape index (κ2) is 5.92. The average molecular weight is 345 g/mol. The third-order valence-corrected chi connectivity index (χ3v) is 4.24. The van der Waals surface area contributed by atoms with Crippen molar-refractivity contribution < 1.29 is 4.39 Å². The molecule has 1 heterocycles. The van der Waals surface area contributed by atoms with E-state index < -0.39 is 0 Å². The highest BCUT2D eigenvalue weighted by Gasteiger charge is 2.16. The van der Waals surface area contributed by atoms with Gasteiger partial charge in [0.15, 0.2) is 0 Å². The smallest absolute Gasteiger partial charge is 0.137 e. The number of rotatable bonds is 3. The van der Waals surface area contributed by atoms with Gasteiger partial charge in [-0.15, -0.1) is 0 Å². The van der Waals surface area contributed by atoms with Gasteiger partial charge in [-0.3, -0.25) is 4.98 Å². The van der Waals surface area contributed by atoms with E-state index in [1.54, 1.807) is 18.3 Å². The summed E-state index contributed by atoms with van der Waals surface area (Å²) in [7, 11) is 1.87. The van der Waals surface area contributed by atoms with E-state index in [1.165, 1.54) is 0 Å². The fourth-order valence-corrected chi connectivity index (χ4v) is 2.83. The Kier molecular flexibility index (Phi) is 3.99. The van der Waals surface area contributed by atoms with E-state index in [0.29, 0.717) is 4.47 Å². The molecule has 0 aliphatic rings. The van der Waals surface area contributed by atoms with Gasteiger partial charge in [-0.05, 0) is 57.7 Å². The minimum absolute atomic E-state index is 0.0829. The van der Waals surface area contributed by atoms with Crippen molar-refractivity contribution in [2.24, 2.45) is 0 Å². The van der Waals surface area contributed by atoms with Crippen LogP contribution in [0.15, 0.2) is 59.3 Å². The monoisotopic (exact) mass is 344 g/mol. The van der Waals surface area contributed by atoms with Crippen LogP contribution >= 0.6 is 15.9 Å². The molecule has 0 fully saturated rings. The van der Waals surface area contributed by atoms with Gasteiger partial charge in [0, 0.05) is 17.8 Å². The first-order valence-electron chi connectivity index (χ1n) is 6.65. The number of pyridine rings is 1. The van der Waals surface area contributed by atoms with Gasteiger partial charge in [0.1, 0.15) is 5.82 Å². The summed E-state index contributed by atoms with van der Waals surface area (Å²) in [5.74, 6) is -0.258. The van der Waals surface area contributed by atoms with Crippen molar-refractivity contribution in [3.8, 4) is 0 Å². The Morgan fingerprint density at radius 2 is 2.05 bits per heavy atom. The maximum absolute atomic E-state index is 13.8. The SMILES string of the molecule is CNC(c1ccc(Br)c(F)c1)c1cccc2ccncc12. The highest BCUT2D eigenvalue weighted by molar-refractivity contribution is 9.10. The molecule has 1 N–H and O–H groups in total. The topological polar surface area (TPSA) is 24.9 Å². The molecule has 0 saturated carbocycles. The quantitative estimate of drug-likeness (QED) is 0.759. The molecule has 0 aliphatic carbocycles. The van der Waals surface area contributed by atoms with Crippen molar-refractivity contribution in [2.45, 2.75) is 6.04 Å². The lowest BCUT2D eigenvalue weighted by molar-refractivity contribution is 0.611. The lowest BCUT2D eigenvalue weighted by Gasteiger charge is -2.19. The van der Waals surface area contributed by atoms with Gasteiger partial charge < -0.3 is 5.32 Å². The Labute approximate surface area is 131 Å². The second-order valence-electron chi connectivity index (χ2n) is 4.84. The summed E-state index contributed by atoms with van der Waals surface area (Å²) < 4.78 is 14.3. The van der Waals surface area contributed by atoms with Crippen molar-refractivity contribution in [1.29, 1.82) is 0 Å². The molecule has 1 atom stereocenters. The standard InChI is InChI=1S/C17H14BrFN2/c1-20-17(12-5-6-15(18)16(19)9-12)13-4-2-3-11-7-8-21-10-14(11)13/h2-10,17,20H,1H3. The van der Waals surface area contributed by atoms with Crippen LogP contribution in [0, 0.1) is 5.82 Å². The number of hydrogen-bond acceptors (Lipinski definition) is 2. The van der Waals surface area contributed by atoms with Crippen LogP contribution in [-0.2, 0) is 0 Å². The molecule has 1 aromatic heterocycles. The third kappa shape index (κ3) is 2.69. The molecule has 0 amide bonds. The summed E-state index contributed by atoms with van der Waals surface area (Å²) in [4.78, 5) is 4.21. The molecule has 2 nitrogen and oxygen atoms in total. The summed E-state index contributed by atoms with van der Waals surface area (Å²) in [6, 6.07) is 13.2. The van der Waals surface area contributed by atoms with Crippen LogP contribution in [-0.4, -0.2) is 12.0 Å². The first-order chi connectivity index (χ1) is 10.2. The van der Waals surface area contributed by atoms with Crippen molar-refractivity contribution in [3.05, 3.63) is 76.3 Å². The number of halogens is 2. The van der Waals surface area contributed by atoms with Crippen LogP contribution in [0.2, 0.25) is 0 Å². The zero-order valence-electron chi connectivity index (χ0n) is 11.5. The van der Waals surface area contributed by atoms with Crippen molar-refractivity contribution in [3.63, 3.8) is 0 Å². The van der Waals surface area contributed by atoms with Gasteiger partial charge in [-0.25, -0.2) is 4.39 Å². The Balaban J connectivity index is 2.16.